The van der Waals surface area contributed by atoms with Crippen molar-refractivity contribution in [2.45, 2.75) is 33.1 Å². The fraction of sp³-hybridized carbons (Fsp3) is 0.333. The molecule has 2 rings (SSSR count). The number of nitrogens with zero attached hydrogens (tertiary/aromatic N) is 3. The lowest BCUT2D eigenvalue weighted by Gasteiger charge is -2.19. The lowest BCUT2D eigenvalue weighted by atomic mass is 9.86. The van der Waals surface area contributed by atoms with Crippen LogP contribution in [0.15, 0.2) is 28.9 Å². The molecule has 4 nitrogen and oxygen atoms in total. The number of allylic oxidation sites excluding steroid dienone is 1. The van der Waals surface area contributed by atoms with Gasteiger partial charge in [-0.05, 0) is 39.4 Å². The molecule has 0 bridgehead atoms. The zero-order chi connectivity index (χ0) is 17.4. The van der Waals surface area contributed by atoms with Crippen molar-refractivity contribution >= 4 is 27.3 Å². The molecule has 2 aromatic rings. The first-order valence-electron chi connectivity index (χ1n) is 7.30. The predicted octanol–water partition coefficient (Wildman–Crippen LogP) is 4.74. The fourth-order valence-corrected chi connectivity index (χ4v) is 2.86. The van der Waals surface area contributed by atoms with E-state index in [0.717, 1.165) is 5.56 Å². The van der Waals surface area contributed by atoms with Crippen LogP contribution in [0.2, 0.25) is 0 Å². The van der Waals surface area contributed by atoms with Gasteiger partial charge in [0.2, 0.25) is 0 Å². The molecule has 5 heteroatoms. The number of hydrogen-bond acceptors (Lipinski definition) is 3. The van der Waals surface area contributed by atoms with E-state index in [1.165, 1.54) is 5.56 Å². The van der Waals surface area contributed by atoms with Crippen LogP contribution in [0.4, 0.5) is 0 Å². The minimum Gasteiger partial charge on any atom is -0.504 e. The Labute approximate surface area is 145 Å². The molecule has 0 spiro atoms. The van der Waals surface area contributed by atoms with Gasteiger partial charge in [0.15, 0.2) is 5.76 Å². The van der Waals surface area contributed by atoms with Gasteiger partial charge in [-0.15, -0.1) is 0 Å². The van der Waals surface area contributed by atoms with Crippen LogP contribution in [0.25, 0.3) is 11.3 Å². The highest BCUT2D eigenvalue weighted by Gasteiger charge is 2.20. The van der Waals surface area contributed by atoms with E-state index in [-0.39, 0.29) is 16.7 Å². The van der Waals surface area contributed by atoms with E-state index in [0.29, 0.717) is 15.9 Å². The number of aliphatic hydroxyl groups is 1. The number of hydrogen-bond donors (Lipinski definition) is 1. The number of aryl methyl sites for hydroxylation is 1. The van der Waals surface area contributed by atoms with Crippen molar-refractivity contribution in [1.82, 2.24) is 9.78 Å². The SMILES string of the molecule is Cc1c(Br)nn(C)c1C(O)=C(C#N)c1ccc(C(C)(C)C)cc1. The molecule has 0 aliphatic heterocycles. The van der Waals surface area contributed by atoms with Crippen LogP contribution in [-0.4, -0.2) is 14.9 Å². The average molecular weight is 374 g/mol. The summed E-state index contributed by atoms with van der Waals surface area (Å²) in [6, 6.07) is 9.84. The van der Waals surface area contributed by atoms with Gasteiger partial charge in [0.1, 0.15) is 21.9 Å². The quantitative estimate of drug-likeness (QED) is 0.610. The molecular formula is C18H20BrN3O. The van der Waals surface area contributed by atoms with Crippen LogP contribution in [0.1, 0.15) is 43.2 Å². The van der Waals surface area contributed by atoms with Gasteiger partial charge in [-0.3, -0.25) is 4.68 Å². The predicted molar refractivity (Wildman–Crippen MR) is 95.8 cm³/mol. The Kier molecular flexibility index (Phi) is 4.67. The first kappa shape index (κ1) is 17.3. The van der Waals surface area contributed by atoms with Crippen molar-refractivity contribution in [3.63, 3.8) is 0 Å². The summed E-state index contributed by atoms with van der Waals surface area (Å²) in [7, 11) is 1.74. The lowest BCUT2D eigenvalue weighted by Crippen LogP contribution is -2.10. The minimum absolute atomic E-state index is 0.0422. The molecule has 0 aliphatic carbocycles. The lowest BCUT2D eigenvalue weighted by molar-refractivity contribution is 0.502. The van der Waals surface area contributed by atoms with Crippen molar-refractivity contribution in [2.24, 2.45) is 7.05 Å². The average Bonchev–Trinajstić information content (AvgIpc) is 2.72. The number of rotatable bonds is 2. The van der Waals surface area contributed by atoms with E-state index in [1.807, 2.05) is 31.2 Å². The standard InChI is InChI=1S/C18H20BrN3O/c1-11-15(22(5)21-17(11)19)16(23)14(10-20)12-6-8-13(9-7-12)18(2,3)4/h6-9,23H,1-5H3. The minimum atomic E-state index is -0.0609. The van der Waals surface area contributed by atoms with Gasteiger partial charge in [0.25, 0.3) is 0 Å². The summed E-state index contributed by atoms with van der Waals surface area (Å²) in [5, 5.41) is 24.4. The Bertz CT molecular complexity index is 803. The second-order valence-corrected chi connectivity index (χ2v) is 7.30. The van der Waals surface area contributed by atoms with Gasteiger partial charge in [-0.2, -0.15) is 10.4 Å². The monoisotopic (exact) mass is 373 g/mol. The maximum Gasteiger partial charge on any atom is 0.159 e. The first-order valence-corrected chi connectivity index (χ1v) is 8.09. The number of halogens is 1. The number of benzene rings is 1. The van der Waals surface area contributed by atoms with Gasteiger partial charge in [0.05, 0.1) is 0 Å². The third-order valence-electron chi connectivity index (χ3n) is 3.84. The Morgan fingerprint density at radius 1 is 1.26 bits per heavy atom. The van der Waals surface area contributed by atoms with Crippen LogP contribution in [0.3, 0.4) is 0 Å². The molecule has 0 unspecified atom stereocenters. The van der Waals surface area contributed by atoms with E-state index >= 15 is 0 Å². The summed E-state index contributed by atoms with van der Waals surface area (Å²) in [6.45, 7) is 8.26. The van der Waals surface area contributed by atoms with Crippen LogP contribution in [0.5, 0.6) is 0 Å². The van der Waals surface area contributed by atoms with E-state index in [9.17, 15) is 10.4 Å². The molecule has 0 saturated carbocycles. The first-order chi connectivity index (χ1) is 10.7. The topological polar surface area (TPSA) is 61.8 Å². The molecule has 1 aromatic heterocycles. The molecule has 23 heavy (non-hydrogen) atoms. The summed E-state index contributed by atoms with van der Waals surface area (Å²) in [4.78, 5) is 0. The molecule has 1 heterocycles. The van der Waals surface area contributed by atoms with Crippen LogP contribution >= 0.6 is 15.9 Å². The van der Waals surface area contributed by atoms with Gasteiger partial charge in [0, 0.05) is 12.6 Å². The summed E-state index contributed by atoms with van der Waals surface area (Å²) in [6.07, 6.45) is 0. The van der Waals surface area contributed by atoms with Gasteiger partial charge in [-0.1, -0.05) is 45.0 Å². The van der Waals surface area contributed by atoms with E-state index in [4.69, 9.17) is 0 Å². The maximum absolute atomic E-state index is 10.6. The van der Waals surface area contributed by atoms with E-state index < -0.39 is 0 Å². The summed E-state index contributed by atoms with van der Waals surface area (Å²) in [5.41, 5.74) is 3.48. The normalized spacial score (nSPS) is 12.7. The zero-order valence-corrected chi connectivity index (χ0v) is 15.6. The molecule has 0 amide bonds. The molecule has 0 fully saturated rings. The van der Waals surface area contributed by atoms with E-state index in [1.54, 1.807) is 11.7 Å². The van der Waals surface area contributed by atoms with Crippen LogP contribution < -0.4 is 0 Å². The Morgan fingerprint density at radius 2 is 1.83 bits per heavy atom. The molecule has 0 atom stereocenters. The highest BCUT2D eigenvalue weighted by Crippen LogP contribution is 2.30. The molecule has 1 N–H and O–H groups in total. The molecular weight excluding hydrogens is 354 g/mol. The molecule has 0 aliphatic rings. The molecule has 120 valence electrons. The summed E-state index contributed by atoms with van der Waals surface area (Å²) < 4.78 is 2.22. The largest absolute Gasteiger partial charge is 0.504 e. The zero-order valence-electron chi connectivity index (χ0n) is 14.0. The highest BCUT2D eigenvalue weighted by molar-refractivity contribution is 9.10. The van der Waals surface area contributed by atoms with Crippen LogP contribution in [0, 0.1) is 18.3 Å². The van der Waals surface area contributed by atoms with E-state index in [2.05, 4.69) is 47.9 Å². The van der Waals surface area contributed by atoms with Crippen molar-refractivity contribution in [3.8, 4) is 6.07 Å². The van der Waals surface area contributed by atoms with Crippen molar-refractivity contribution in [2.75, 3.05) is 0 Å². The molecule has 1 aromatic carbocycles. The maximum atomic E-state index is 10.6. The molecule has 0 radical (unpaired) electrons. The smallest absolute Gasteiger partial charge is 0.159 e. The Balaban J connectivity index is 2.57. The number of nitriles is 1. The fourth-order valence-electron chi connectivity index (χ4n) is 2.44. The summed E-state index contributed by atoms with van der Waals surface area (Å²) >= 11 is 3.35. The summed E-state index contributed by atoms with van der Waals surface area (Å²) in [5.74, 6) is -0.0609. The number of aromatic nitrogens is 2. The van der Waals surface area contributed by atoms with Gasteiger partial charge < -0.3 is 5.11 Å². The van der Waals surface area contributed by atoms with Crippen molar-refractivity contribution < 1.29 is 5.11 Å². The van der Waals surface area contributed by atoms with Crippen molar-refractivity contribution in [1.29, 1.82) is 5.26 Å². The second kappa shape index (κ2) is 6.21. The highest BCUT2D eigenvalue weighted by atomic mass is 79.9. The Morgan fingerprint density at radius 3 is 2.22 bits per heavy atom. The van der Waals surface area contributed by atoms with Gasteiger partial charge >= 0.3 is 0 Å². The molecule has 0 saturated heterocycles. The second-order valence-electron chi connectivity index (χ2n) is 6.55. The van der Waals surface area contributed by atoms with Crippen molar-refractivity contribution in [3.05, 3.63) is 51.3 Å². The number of aliphatic hydroxyl groups excluding tert-OH is 1. The van der Waals surface area contributed by atoms with Crippen LogP contribution in [-0.2, 0) is 12.5 Å². The third-order valence-corrected chi connectivity index (χ3v) is 4.59. The third kappa shape index (κ3) is 3.32. The Hall–Kier alpha value is -2.06. The van der Waals surface area contributed by atoms with Gasteiger partial charge in [-0.25, -0.2) is 0 Å².